The van der Waals surface area contributed by atoms with Crippen LogP contribution in [-0.4, -0.2) is 14.2 Å². The Bertz CT molecular complexity index is 649. The molecule has 0 fully saturated rings. The molecule has 0 saturated carbocycles. The molecule has 20 heavy (non-hydrogen) atoms. The highest BCUT2D eigenvalue weighted by molar-refractivity contribution is 5.59. The Kier molecular flexibility index (Phi) is 4.21. The van der Waals surface area contributed by atoms with E-state index in [0.29, 0.717) is 17.8 Å². The molecule has 0 spiro atoms. The Labute approximate surface area is 117 Å². The monoisotopic (exact) mass is 270 g/mol. The van der Waals surface area contributed by atoms with Gasteiger partial charge in [0, 0.05) is 19.2 Å². The van der Waals surface area contributed by atoms with Crippen molar-refractivity contribution in [3.8, 4) is 11.8 Å². The summed E-state index contributed by atoms with van der Waals surface area (Å²) >= 11 is 0. The Morgan fingerprint density at radius 2 is 2.00 bits per heavy atom. The Hall–Kier alpha value is -2.54. The molecule has 0 unspecified atom stereocenters. The molecule has 2 rings (SSSR count). The van der Waals surface area contributed by atoms with Crippen LogP contribution in [0.5, 0.6) is 5.75 Å². The maximum Gasteiger partial charge on any atom is 0.124 e. The van der Waals surface area contributed by atoms with E-state index in [9.17, 15) is 4.39 Å². The number of para-hydroxylation sites is 1. The van der Waals surface area contributed by atoms with Crippen molar-refractivity contribution in [2.75, 3.05) is 19.1 Å². The number of benzene rings is 2. The lowest BCUT2D eigenvalue weighted by atomic mass is 10.1. The van der Waals surface area contributed by atoms with Gasteiger partial charge in [-0.3, -0.25) is 0 Å². The van der Waals surface area contributed by atoms with E-state index < -0.39 is 5.82 Å². The number of rotatable bonds is 4. The minimum Gasteiger partial charge on any atom is -0.496 e. The van der Waals surface area contributed by atoms with Crippen LogP contribution in [0.15, 0.2) is 42.5 Å². The van der Waals surface area contributed by atoms with E-state index in [1.165, 1.54) is 12.1 Å². The molecule has 0 saturated heterocycles. The van der Waals surface area contributed by atoms with Gasteiger partial charge in [0.15, 0.2) is 0 Å². The minimum absolute atomic E-state index is 0.322. The molecular weight excluding hydrogens is 255 g/mol. The van der Waals surface area contributed by atoms with Crippen molar-refractivity contribution in [2.45, 2.75) is 6.54 Å². The largest absolute Gasteiger partial charge is 0.496 e. The molecule has 4 heteroatoms. The Morgan fingerprint density at radius 1 is 1.25 bits per heavy atom. The molecule has 0 aliphatic rings. The zero-order chi connectivity index (χ0) is 14.5. The normalized spacial score (nSPS) is 9.90. The fourth-order valence-electron chi connectivity index (χ4n) is 2.10. The topological polar surface area (TPSA) is 36.3 Å². The van der Waals surface area contributed by atoms with Crippen LogP contribution < -0.4 is 9.64 Å². The summed E-state index contributed by atoms with van der Waals surface area (Å²) in [5, 5.41) is 9.09. The SMILES string of the molecule is COc1ccccc1CN(C)c1ccc(F)cc1C#N. The van der Waals surface area contributed by atoms with Crippen LogP contribution in [0.4, 0.5) is 10.1 Å². The van der Waals surface area contributed by atoms with E-state index in [1.807, 2.05) is 42.3 Å². The molecule has 0 atom stereocenters. The van der Waals surface area contributed by atoms with Crippen molar-refractivity contribution in [3.05, 3.63) is 59.4 Å². The lowest BCUT2D eigenvalue weighted by molar-refractivity contribution is 0.409. The van der Waals surface area contributed by atoms with E-state index in [0.717, 1.165) is 11.3 Å². The van der Waals surface area contributed by atoms with Gasteiger partial charge < -0.3 is 9.64 Å². The molecule has 0 aliphatic carbocycles. The zero-order valence-corrected chi connectivity index (χ0v) is 11.4. The van der Waals surface area contributed by atoms with Crippen LogP contribution in [0.1, 0.15) is 11.1 Å². The van der Waals surface area contributed by atoms with Crippen molar-refractivity contribution in [1.82, 2.24) is 0 Å². The predicted molar refractivity (Wildman–Crippen MR) is 76.2 cm³/mol. The number of nitrogens with zero attached hydrogens (tertiary/aromatic N) is 2. The van der Waals surface area contributed by atoms with Crippen molar-refractivity contribution in [2.24, 2.45) is 0 Å². The van der Waals surface area contributed by atoms with E-state index in [2.05, 4.69) is 0 Å². The van der Waals surface area contributed by atoms with Crippen molar-refractivity contribution in [3.63, 3.8) is 0 Å². The Balaban J connectivity index is 2.29. The van der Waals surface area contributed by atoms with Crippen molar-refractivity contribution < 1.29 is 9.13 Å². The van der Waals surface area contributed by atoms with Gasteiger partial charge in [-0.15, -0.1) is 0 Å². The molecule has 0 heterocycles. The summed E-state index contributed by atoms with van der Waals surface area (Å²) in [4.78, 5) is 1.90. The second-order valence-corrected chi connectivity index (χ2v) is 4.44. The maximum atomic E-state index is 13.2. The van der Waals surface area contributed by atoms with Crippen molar-refractivity contribution in [1.29, 1.82) is 5.26 Å². The van der Waals surface area contributed by atoms with Crippen LogP contribution in [0.3, 0.4) is 0 Å². The summed E-state index contributed by atoms with van der Waals surface area (Å²) in [6.07, 6.45) is 0. The first-order valence-corrected chi connectivity index (χ1v) is 6.18. The molecule has 0 amide bonds. The molecule has 2 aromatic carbocycles. The van der Waals surface area contributed by atoms with E-state index in [-0.39, 0.29) is 0 Å². The van der Waals surface area contributed by atoms with Gasteiger partial charge in [-0.2, -0.15) is 5.26 Å². The summed E-state index contributed by atoms with van der Waals surface area (Å²) < 4.78 is 18.5. The second-order valence-electron chi connectivity index (χ2n) is 4.44. The van der Waals surface area contributed by atoms with E-state index in [4.69, 9.17) is 10.00 Å². The first-order chi connectivity index (χ1) is 9.65. The molecule has 2 aromatic rings. The van der Waals surface area contributed by atoms with Gasteiger partial charge in [0.2, 0.25) is 0 Å². The molecule has 0 bridgehead atoms. The highest BCUT2D eigenvalue weighted by Crippen LogP contribution is 2.25. The minimum atomic E-state index is -0.406. The highest BCUT2D eigenvalue weighted by Gasteiger charge is 2.11. The standard InChI is InChI=1S/C16H15FN2O/c1-19(11-12-5-3-4-6-16(12)20-2)15-8-7-14(17)9-13(15)10-18/h3-9H,11H2,1-2H3. The number of anilines is 1. The van der Waals surface area contributed by atoms with Crippen LogP contribution in [-0.2, 0) is 6.54 Å². The number of methoxy groups -OCH3 is 1. The molecule has 0 aliphatic heterocycles. The van der Waals surface area contributed by atoms with Crippen LogP contribution >= 0.6 is 0 Å². The maximum absolute atomic E-state index is 13.2. The second kappa shape index (κ2) is 6.07. The molecule has 0 aromatic heterocycles. The fraction of sp³-hybridized carbons (Fsp3) is 0.188. The van der Waals surface area contributed by atoms with Gasteiger partial charge in [0.05, 0.1) is 18.4 Å². The molecule has 0 radical (unpaired) electrons. The van der Waals surface area contributed by atoms with Gasteiger partial charge in [-0.05, 0) is 24.3 Å². The summed E-state index contributed by atoms with van der Waals surface area (Å²) in [5.74, 6) is 0.385. The number of nitriles is 1. The molecule has 3 nitrogen and oxygen atoms in total. The smallest absolute Gasteiger partial charge is 0.124 e. The van der Waals surface area contributed by atoms with Gasteiger partial charge in [-0.25, -0.2) is 4.39 Å². The molecule has 102 valence electrons. The van der Waals surface area contributed by atoms with Crippen LogP contribution in [0.2, 0.25) is 0 Å². The fourth-order valence-corrected chi connectivity index (χ4v) is 2.10. The average Bonchev–Trinajstić information content (AvgIpc) is 2.47. The summed E-state index contributed by atoms with van der Waals surface area (Å²) in [5.41, 5.74) is 2.02. The zero-order valence-electron chi connectivity index (χ0n) is 11.4. The van der Waals surface area contributed by atoms with Gasteiger partial charge in [-0.1, -0.05) is 18.2 Å². The first kappa shape index (κ1) is 13.9. The van der Waals surface area contributed by atoms with E-state index in [1.54, 1.807) is 13.2 Å². The summed E-state index contributed by atoms with van der Waals surface area (Å²) in [6.45, 7) is 0.574. The first-order valence-electron chi connectivity index (χ1n) is 6.18. The lowest BCUT2D eigenvalue weighted by Crippen LogP contribution is -2.18. The number of ether oxygens (including phenoxy) is 1. The summed E-state index contributed by atoms with van der Waals surface area (Å²) in [7, 11) is 3.48. The third kappa shape index (κ3) is 2.89. The van der Waals surface area contributed by atoms with Crippen molar-refractivity contribution >= 4 is 5.69 Å². The van der Waals surface area contributed by atoms with Gasteiger partial charge >= 0.3 is 0 Å². The summed E-state index contributed by atoms with van der Waals surface area (Å²) in [6, 6.07) is 13.9. The van der Waals surface area contributed by atoms with Crippen LogP contribution in [0.25, 0.3) is 0 Å². The Morgan fingerprint density at radius 3 is 2.70 bits per heavy atom. The van der Waals surface area contributed by atoms with E-state index >= 15 is 0 Å². The van der Waals surface area contributed by atoms with Gasteiger partial charge in [0.25, 0.3) is 0 Å². The molecular formula is C16H15FN2O. The highest BCUT2D eigenvalue weighted by atomic mass is 19.1. The predicted octanol–water partition coefficient (Wildman–Crippen LogP) is 3.34. The van der Waals surface area contributed by atoms with Crippen LogP contribution in [0, 0.1) is 17.1 Å². The van der Waals surface area contributed by atoms with Gasteiger partial charge in [0.1, 0.15) is 17.6 Å². The quantitative estimate of drug-likeness (QED) is 0.855. The average molecular weight is 270 g/mol. The third-order valence-corrected chi connectivity index (χ3v) is 3.09. The molecule has 0 N–H and O–H groups in total. The third-order valence-electron chi connectivity index (χ3n) is 3.09. The number of hydrogen-bond donors (Lipinski definition) is 0. The number of halogens is 1. The lowest BCUT2D eigenvalue weighted by Gasteiger charge is -2.21. The number of hydrogen-bond acceptors (Lipinski definition) is 3.